The predicted octanol–water partition coefficient (Wildman–Crippen LogP) is 7.42. The largest absolute Gasteiger partial charge is 0.307 e. The summed E-state index contributed by atoms with van der Waals surface area (Å²) in [6.07, 6.45) is 5.46. The third-order valence-electron chi connectivity index (χ3n) is 6.14. The summed E-state index contributed by atoms with van der Waals surface area (Å²) >= 11 is 8.35. The predicted molar refractivity (Wildman–Crippen MR) is 141 cm³/mol. The first-order valence-electron chi connectivity index (χ1n) is 11.4. The van der Waals surface area contributed by atoms with Gasteiger partial charge in [-0.25, -0.2) is 0 Å². The quantitative estimate of drug-likeness (QED) is 0.302. The van der Waals surface area contributed by atoms with Crippen molar-refractivity contribution < 1.29 is 4.79 Å². The monoisotopic (exact) mass is 487 g/mol. The van der Waals surface area contributed by atoms with E-state index in [9.17, 15) is 4.79 Å². The van der Waals surface area contributed by atoms with E-state index in [1.165, 1.54) is 0 Å². The van der Waals surface area contributed by atoms with Gasteiger partial charge in [0.25, 0.3) is 5.91 Å². The Balaban J connectivity index is 1.42. The number of thiophene rings is 1. The maximum atomic E-state index is 13.3. The standard InChI is InChI=1S/C28H26ClN3OS/c1-28(2,3)26-16-18(10-12-31-26)20-15-25(34-17-20)21-9-8-19(14-22(21)29)27(33)32-13-5-6-23-24(32)7-4-11-30-23/h4,7-12,14-17H,5-6,13H2,1-3H3. The van der Waals surface area contributed by atoms with Gasteiger partial charge in [-0.15, -0.1) is 11.3 Å². The van der Waals surface area contributed by atoms with E-state index in [0.717, 1.165) is 51.5 Å². The van der Waals surface area contributed by atoms with Gasteiger partial charge in [0.1, 0.15) is 0 Å². The molecule has 1 amide bonds. The van der Waals surface area contributed by atoms with Crippen molar-refractivity contribution in [2.24, 2.45) is 0 Å². The van der Waals surface area contributed by atoms with Crippen LogP contribution < -0.4 is 4.90 Å². The average molecular weight is 488 g/mol. The molecule has 0 fully saturated rings. The van der Waals surface area contributed by atoms with Gasteiger partial charge in [-0.2, -0.15) is 0 Å². The van der Waals surface area contributed by atoms with E-state index in [1.807, 2.05) is 41.4 Å². The molecular formula is C28H26ClN3OS. The first kappa shape index (κ1) is 22.8. The Bertz CT molecular complexity index is 1370. The van der Waals surface area contributed by atoms with Crippen molar-refractivity contribution >= 4 is 34.5 Å². The van der Waals surface area contributed by atoms with Crippen molar-refractivity contribution in [3.05, 3.63) is 88.3 Å². The summed E-state index contributed by atoms with van der Waals surface area (Å²) in [5.74, 6) is -0.0410. The molecule has 0 unspecified atom stereocenters. The van der Waals surface area contributed by atoms with E-state index >= 15 is 0 Å². The number of benzene rings is 1. The molecule has 172 valence electrons. The van der Waals surface area contributed by atoms with Crippen LogP contribution in [-0.4, -0.2) is 22.4 Å². The molecule has 0 bridgehead atoms. The van der Waals surface area contributed by atoms with Gasteiger partial charge in [0.05, 0.1) is 16.4 Å². The van der Waals surface area contributed by atoms with Crippen molar-refractivity contribution in [2.45, 2.75) is 39.0 Å². The zero-order valence-corrected chi connectivity index (χ0v) is 21.1. The number of pyridine rings is 2. The minimum atomic E-state index is -0.0410. The molecule has 4 heterocycles. The highest BCUT2D eigenvalue weighted by Crippen LogP contribution is 2.38. The number of hydrogen-bond donors (Lipinski definition) is 0. The molecule has 3 aromatic heterocycles. The number of aryl methyl sites for hydroxylation is 1. The first-order valence-corrected chi connectivity index (χ1v) is 12.7. The summed E-state index contributed by atoms with van der Waals surface area (Å²) < 4.78 is 0. The van der Waals surface area contributed by atoms with Gasteiger partial charge >= 0.3 is 0 Å². The third kappa shape index (κ3) is 4.38. The lowest BCUT2D eigenvalue weighted by atomic mass is 9.90. The van der Waals surface area contributed by atoms with Crippen LogP contribution in [0.2, 0.25) is 5.02 Å². The van der Waals surface area contributed by atoms with Crippen LogP contribution in [0, 0.1) is 0 Å². The van der Waals surface area contributed by atoms with Crippen LogP contribution in [0.15, 0.2) is 66.3 Å². The Morgan fingerprint density at radius 1 is 1.03 bits per heavy atom. The molecule has 1 aliphatic rings. The summed E-state index contributed by atoms with van der Waals surface area (Å²) in [5.41, 5.74) is 6.73. The topological polar surface area (TPSA) is 46.1 Å². The molecule has 6 heteroatoms. The first-order chi connectivity index (χ1) is 16.3. The molecule has 0 aliphatic carbocycles. The Kier molecular flexibility index (Phi) is 6.00. The second kappa shape index (κ2) is 8.97. The molecule has 4 aromatic rings. The van der Waals surface area contributed by atoms with Crippen molar-refractivity contribution in [2.75, 3.05) is 11.4 Å². The van der Waals surface area contributed by atoms with Crippen LogP contribution in [0.1, 0.15) is 48.9 Å². The molecule has 0 N–H and O–H groups in total. The van der Waals surface area contributed by atoms with Gasteiger partial charge in [0, 0.05) is 46.1 Å². The highest BCUT2D eigenvalue weighted by molar-refractivity contribution is 7.14. The number of hydrogen-bond acceptors (Lipinski definition) is 4. The number of aromatic nitrogens is 2. The fourth-order valence-corrected chi connectivity index (χ4v) is 5.55. The Labute approximate surface area is 209 Å². The van der Waals surface area contributed by atoms with Crippen LogP contribution in [0.4, 0.5) is 5.69 Å². The number of anilines is 1. The normalized spacial score (nSPS) is 13.6. The van der Waals surface area contributed by atoms with Crippen molar-refractivity contribution in [1.29, 1.82) is 0 Å². The Morgan fingerprint density at radius 2 is 1.88 bits per heavy atom. The molecule has 0 saturated heterocycles. The average Bonchev–Trinajstić information content (AvgIpc) is 3.33. The van der Waals surface area contributed by atoms with E-state index in [0.29, 0.717) is 17.1 Å². The molecule has 34 heavy (non-hydrogen) atoms. The van der Waals surface area contributed by atoms with Crippen molar-refractivity contribution in [3.8, 4) is 21.6 Å². The minimum absolute atomic E-state index is 0.00846. The van der Waals surface area contributed by atoms with Gasteiger partial charge < -0.3 is 4.90 Å². The zero-order valence-electron chi connectivity index (χ0n) is 19.5. The summed E-state index contributed by atoms with van der Waals surface area (Å²) in [7, 11) is 0. The lowest BCUT2D eigenvalue weighted by Crippen LogP contribution is -2.35. The SMILES string of the molecule is CC(C)(C)c1cc(-c2csc(-c3ccc(C(=O)N4CCCc5ncccc54)cc3Cl)c2)ccn1. The van der Waals surface area contributed by atoms with Crippen LogP contribution in [-0.2, 0) is 11.8 Å². The number of carbonyl (C=O) groups is 1. The lowest BCUT2D eigenvalue weighted by Gasteiger charge is -2.28. The second-order valence-corrected chi connectivity index (χ2v) is 10.9. The fourth-order valence-electron chi connectivity index (χ4n) is 4.26. The molecule has 0 atom stereocenters. The van der Waals surface area contributed by atoms with Crippen LogP contribution >= 0.6 is 22.9 Å². The van der Waals surface area contributed by atoms with Gasteiger partial charge in [-0.05, 0) is 71.8 Å². The number of halogens is 1. The van der Waals surface area contributed by atoms with E-state index in [2.05, 4.69) is 48.3 Å². The van der Waals surface area contributed by atoms with Crippen molar-refractivity contribution in [1.82, 2.24) is 9.97 Å². The van der Waals surface area contributed by atoms with E-state index in [4.69, 9.17) is 11.6 Å². The number of fused-ring (bicyclic) bond motifs is 1. The smallest absolute Gasteiger partial charge is 0.258 e. The summed E-state index contributed by atoms with van der Waals surface area (Å²) in [6.45, 7) is 7.19. The zero-order chi connectivity index (χ0) is 23.9. The van der Waals surface area contributed by atoms with Crippen molar-refractivity contribution in [3.63, 3.8) is 0 Å². The van der Waals surface area contributed by atoms with Crippen LogP contribution in [0.3, 0.4) is 0 Å². The molecule has 0 spiro atoms. The second-order valence-electron chi connectivity index (χ2n) is 9.60. The van der Waals surface area contributed by atoms with E-state index in [-0.39, 0.29) is 11.3 Å². The van der Waals surface area contributed by atoms with Gasteiger partial charge in [0.15, 0.2) is 0 Å². The molecule has 5 rings (SSSR count). The third-order valence-corrected chi connectivity index (χ3v) is 7.42. The van der Waals surface area contributed by atoms with Crippen LogP contribution in [0.5, 0.6) is 0 Å². The molecule has 0 saturated carbocycles. The van der Waals surface area contributed by atoms with Gasteiger partial charge in [0.2, 0.25) is 0 Å². The minimum Gasteiger partial charge on any atom is -0.307 e. The summed E-state index contributed by atoms with van der Waals surface area (Å²) in [6, 6.07) is 15.8. The lowest BCUT2D eigenvalue weighted by molar-refractivity contribution is 0.0985. The molecule has 0 radical (unpaired) electrons. The Hall–Kier alpha value is -3.02. The number of nitrogens with zero attached hydrogens (tertiary/aromatic N) is 3. The number of carbonyl (C=O) groups excluding carboxylic acids is 1. The highest BCUT2D eigenvalue weighted by atomic mass is 35.5. The van der Waals surface area contributed by atoms with Gasteiger partial charge in [-0.3, -0.25) is 14.8 Å². The Morgan fingerprint density at radius 3 is 2.68 bits per heavy atom. The fraction of sp³-hybridized carbons (Fsp3) is 0.250. The summed E-state index contributed by atoms with van der Waals surface area (Å²) in [5, 5.41) is 2.72. The maximum Gasteiger partial charge on any atom is 0.258 e. The highest BCUT2D eigenvalue weighted by Gasteiger charge is 2.25. The van der Waals surface area contributed by atoms with E-state index in [1.54, 1.807) is 23.6 Å². The van der Waals surface area contributed by atoms with Crippen LogP contribution in [0.25, 0.3) is 21.6 Å². The maximum absolute atomic E-state index is 13.3. The summed E-state index contributed by atoms with van der Waals surface area (Å²) in [4.78, 5) is 25.2. The molecular weight excluding hydrogens is 462 g/mol. The molecule has 1 aliphatic heterocycles. The van der Waals surface area contributed by atoms with Gasteiger partial charge in [-0.1, -0.05) is 38.4 Å². The number of amides is 1. The molecule has 1 aromatic carbocycles. The number of rotatable bonds is 3. The van der Waals surface area contributed by atoms with E-state index < -0.39 is 0 Å². The molecule has 4 nitrogen and oxygen atoms in total.